The summed E-state index contributed by atoms with van der Waals surface area (Å²) in [6, 6.07) is 7.14. The number of rotatable bonds is 7. The molecule has 2 aromatic rings. The van der Waals surface area contributed by atoms with Crippen LogP contribution in [0.4, 0.5) is 5.69 Å². The number of aromatic nitrogens is 1. The van der Waals surface area contributed by atoms with Crippen molar-refractivity contribution < 1.29 is 15.3 Å². The second-order valence-corrected chi connectivity index (χ2v) is 9.08. The minimum atomic E-state index is -2.83. The molecule has 1 fully saturated rings. The van der Waals surface area contributed by atoms with Crippen molar-refractivity contribution in [1.82, 2.24) is 4.57 Å². The van der Waals surface area contributed by atoms with Crippen LogP contribution in [0.1, 0.15) is 21.2 Å². The smallest absolute Gasteiger partial charge is 0.292 e. The summed E-state index contributed by atoms with van der Waals surface area (Å²) in [7, 11) is 0.319. The van der Waals surface area contributed by atoms with Crippen LogP contribution in [-0.4, -0.2) is 33.1 Å². The van der Waals surface area contributed by atoms with Gasteiger partial charge in [-0.2, -0.15) is 10.6 Å². The largest absolute Gasteiger partial charge is 0.491 e. The molecule has 1 aromatic carbocycles. The molecule has 0 saturated heterocycles. The first-order valence-electron chi connectivity index (χ1n) is 8.74. The quantitative estimate of drug-likeness (QED) is 0.668. The van der Waals surface area contributed by atoms with Gasteiger partial charge in [-0.15, -0.1) is 0 Å². The van der Waals surface area contributed by atoms with Gasteiger partial charge in [0.05, 0.1) is 12.0 Å². The lowest BCUT2D eigenvalue weighted by molar-refractivity contribution is 0.405. The van der Waals surface area contributed by atoms with E-state index < -0.39 is 10.6 Å². The third-order valence-corrected chi connectivity index (χ3v) is 6.54. The Kier molecular flexibility index (Phi) is 5.32. The lowest BCUT2D eigenvalue weighted by Crippen LogP contribution is -2.18. The molecular formula is C19H28N2O4S. The van der Waals surface area contributed by atoms with E-state index >= 15 is 0 Å². The Labute approximate surface area is 156 Å². The molecule has 7 heteroatoms. The van der Waals surface area contributed by atoms with Crippen LogP contribution >= 0.6 is 10.6 Å². The summed E-state index contributed by atoms with van der Waals surface area (Å²) in [6.45, 7) is 2.64. The van der Waals surface area contributed by atoms with Crippen molar-refractivity contribution in [3.8, 4) is 16.9 Å². The summed E-state index contributed by atoms with van der Waals surface area (Å²) >= 11 is 0. The lowest BCUT2D eigenvalue weighted by atomic mass is 10.0. The number of anilines is 1. The van der Waals surface area contributed by atoms with E-state index in [1.54, 1.807) is 38.4 Å². The highest BCUT2D eigenvalue weighted by atomic mass is 32.3. The van der Waals surface area contributed by atoms with Crippen LogP contribution in [0, 0.1) is 5.92 Å². The van der Waals surface area contributed by atoms with Crippen molar-refractivity contribution in [3.63, 3.8) is 0 Å². The maximum atomic E-state index is 12.1. The van der Waals surface area contributed by atoms with E-state index in [2.05, 4.69) is 5.32 Å². The van der Waals surface area contributed by atoms with Crippen LogP contribution < -0.4 is 15.6 Å². The number of aryl methyl sites for hydroxylation is 1. The average molecular weight is 381 g/mol. The molecule has 1 aromatic heterocycles. The predicted octanol–water partition coefficient (Wildman–Crippen LogP) is 4.26. The van der Waals surface area contributed by atoms with Crippen molar-refractivity contribution in [2.24, 2.45) is 13.0 Å². The number of hydrogen-bond acceptors (Lipinski definition) is 5. The van der Waals surface area contributed by atoms with Gasteiger partial charge in [-0.1, -0.05) is 0 Å². The third kappa shape index (κ3) is 3.90. The highest BCUT2D eigenvalue weighted by molar-refractivity contribution is 8.24. The van der Waals surface area contributed by atoms with E-state index in [1.165, 1.54) is 24.5 Å². The van der Waals surface area contributed by atoms with Crippen LogP contribution in [-0.2, 0) is 7.05 Å². The van der Waals surface area contributed by atoms with Gasteiger partial charge in [-0.3, -0.25) is 13.9 Å². The maximum absolute atomic E-state index is 12.1. The molecule has 1 heterocycles. The SMILES string of the molecule is CCS(O)(O)c1ccc(NCC2CC2)c(-c2cc(OC)c(=O)n(C)c2)c1.[HH]. The fourth-order valence-corrected chi connectivity index (χ4v) is 3.76. The molecule has 0 amide bonds. The van der Waals surface area contributed by atoms with Crippen molar-refractivity contribution in [1.29, 1.82) is 0 Å². The van der Waals surface area contributed by atoms with Crippen LogP contribution in [0.15, 0.2) is 40.2 Å². The highest BCUT2D eigenvalue weighted by Gasteiger charge is 2.22. The normalized spacial score (nSPS) is 15.0. The van der Waals surface area contributed by atoms with Crippen LogP contribution in [0.25, 0.3) is 11.1 Å². The van der Waals surface area contributed by atoms with Gasteiger partial charge in [0.1, 0.15) is 0 Å². The second kappa shape index (κ2) is 7.34. The van der Waals surface area contributed by atoms with E-state index in [1.807, 2.05) is 6.07 Å². The molecule has 26 heavy (non-hydrogen) atoms. The van der Waals surface area contributed by atoms with Gasteiger partial charge >= 0.3 is 0 Å². The molecule has 0 atom stereocenters. The third-order valence-electron chi connectivity index (χ3n) is 4.73. The first-order valence-corrected chi connectivity index (χ1v) is 10.5. The minimum absolute atomic E-state index is 0. The van der Waals surface area contributed by atoms with E-state index in [9.17, 15) is 13.9 Å². The number of nitrogens with one attached hydrogen (secondary N) is 1. The average Bonchev–Trinajstić information content (AvgIpc) is 3.46. The van der Waals surface area contributed by atoms with Gasteiger partial charge in [0.25, 0.3) is 5.56 Å². The van der Waals surface area contributed by atoms with Gasteiger partial charge < -0.3 is 14.6 Å². The Morgan fingerprint density at radius 3 is 2.69 bits per heavy atom. The Morgan fingerprint density at radius 2 is 2.08 bits per heavy atom. The molecule has 0 spiro atoms. The predicted molar refractivity (Wildman–Crippen MR) is 109 cm³/mol. The monoisotopic (exact) mass is 380 g/mol. The zero-order valence-electron chi connectivity index (χ0n) is 15.4. The van der Waals surface area contributed by atoms with Crippen LogP contribution in [0.5, 0.6) is 5.75 Å². The minimum Gasteiger partial charge on any atom is -0.491 e. The fraction of sp³-hybridized carbons (Fsp3) is 0.421. The van der Waals surface area contributed by atoms with Gasteiger partial charge in [0.2, 0.25) is 0 Å². The lowest BCUT2D eigenvalue weighted by Gasteiger charge is -2.31. The Balaban J connectivity index is 0.00000261. The number of ether oxygens (including phenoxy) is 1. The van der Waals surface area contributed by atoms with E-state index in [0.29, 0.717) is 10.8 Å². The van der Waals surface area contributed by atoms with Gasteiger partial charge in [0.15, 0.2) is 5.75 Å². The van der Waals surface area contributed by atoms with Crippen LogP contribution in [0.2, 0.25) is 0 Å². The molecule has 0 aliphatic heterocycles. The summed E-state index contributed by atoms with van der Waals surface area (Å²) in [6.07, 6.45) is 4.22. The summed E-state index contributed by atoms with van der Waals surface area (Å²) in [5.41, 5.74) is 2.31. The topological polar surface area (TPSA) is 83.7 Å². The van der Waals surface area contributed by atoms with Crippen molar-refractivity contribution in [2.45, 2.75) is 24.7 Å². The Bertz CT molecular complexity index is 865. The highest BCUT2D eigenvalue weighted by Crippen LogP contribution is 2.49. The molecule has 0 unspecified atom stereocenters. The first kappa shape index (κ1) is 18.8. The van der Waals surface area contributed by atoms with E-state index in [4.69, 9.17) is 4.74 Å². The molecule has 3 N–H and O–H groups in total. The van der Waals surface area contributed by atoms with Crippen molar-refractivity contribution in [2.75, 3.05) is 24.7 Å². The molecular weight excluding hydrogens is 352 g/mol. The zero-order chi connectivity index (χ0) is 18.9. The molecule has 1 aliphatic rings. The molecule has 1 aliphatic carbocycles. The number of hydrogen-bond donors (Lipinski definition) is 3. The molecule has 6 nitrogen and oxygen atoms in total. The Hall–Kier alpha value is -1.96. The maximum Gasteiger partial charge on any atom is 0.292 e. The number of pyridine rings is 1. The number of nitrogens with zero attached hydrogens (tertiary/aromatic N) is 1. The standard InChI is InChI=1S/C19H26N2O4S.H2/c1-4-26(23,24)15-7-8-17(20-11-13-5-6-13)16(10-15)14-9-18(25-3)19(22)21(2)12-14;/h7-10,12-13,20,23-24H,4-6,11H2,1-3H3;1H. The molecule has 1 saturated carbocycles. The Morgan fingerprint density at radius 1 is 1.35 bits per heavy atom. The van der Waals surface area contributed by atoms with Gasteiger partial charge in [0, 0.05) is 43.8 Å². The van der Waals surface area contributed by atoms with Crippen molar-refractivity contribution >= 4 is 16.3 Å². The fourth-order valence-electron chi connectivity index (χ4n) is 2.84. The van der Waals surface area contributed by atoms with E-state index in [-0.39, 0.29) is 18.5 Å². The summed E-state index contributed by atoms with van der Waals surface area (Å²) in [4.78, 5) is 12.6. The molecule has 0 radical (unpaired) electrons. The molecule has 144 valence electrons. The second-order valence-electron chi connectivity index (χ2n) is 6.70. The molecule has 3 rings (SSSR count). The summed E-state index contributed by atoms with van der Waals surface area (Å²) < 4.78 is 27.3. The van der Waals surface area contributed by atoms with E-state index in [0.717, 1.165) is 23.4 Å². The van der Waals surface area contributed by atoms with Crippen molar-refractivity contribution in [3.05, 3.63) is 40.8 Å². The van der Waals surface area contributed by atoms with Crippen LogP contribution in [0.3, 0.4) is 0 Å². The first-order chi connectivity index (χ1) is 12.4. The molecule has 0 bridgehead atoms. The van der Waals surface area contributed by atoms with Gasteiger partial charge in [-0.05, 0) is 49.9 Å². The number of benzene rings is 1. The number of methoxy groups -OCH3 is 1. The van der Waals surface area contributed by atoms with Gasteiger partial charge in [-0.25, -0.2) is 0 Å². The zero-order valence-corrected chi connectivity index (χ0v) is 16.2. The summed E-state index contributed by atoms with van der Waals surface area (Å²) in [5, 5.41) is 3.46. The summed E-state index contributed by atoms with van der Waals surface area (Å²) in [5.74, 6) is 1.22.